The molecule has 1 aromatic carbocycles. The average molecular weight is 360 g/mol. The van der Waals surface area contributed by atoms with Gasteiger partial charge in [0.2, 0.25) is 0 Å². The van der Waals surface area contributed by atoms with Gasteiger partial charge in [-0.25, -0.2) is 9.18 Å². The standard InChI is InChI=1S/C13H11BrFNO3S/c1-19-13(17)6-4-8(15)11(14)10-7-5-20(18)3-2-9(7)16-12(6)10/h4,16H,2-3,5H2,1H3. The number of benzene rings is 1. The maximum atomic E-state index is 14.0. The lowest BCUT2D eigenvalue weighted by Gasteiger charge is -2.11. The molecule has 0 aliphatic carbocycles. The van der Waals surface area contributed by atoms with Gasteiger partial charge in [0.05, 0.1) is 28.4 Å². The molecule has 1 aliphatic rings. The Morgan fingerprint density at radius 1 is 1.55 bits per heavy atom. The number of carbonyl (C=O) groups excluding carboxylic acids is 1. The lowest BCUT2D eigenvalue weighted by molar-refractivity contribution is 0.0602. The summed E-state index contributed by atoms with van der Waals surface area (Å²) in [5, 5.41) is 0.591. The third-order valence-electron chi connectivity index (χ3n) is 3.45. The number of carbonyl (C=O) groups is 1. The van der Waals surface area contributed by atoms with Crippen molar-refractivity contribution in [3.05, 3.63) is 33.2 Å². The SMILES string of the molecule is COC(=O)c1cc(F)c(Br)c2c3c([nH]c12)CCS(=O)C3. The van der Waals surface area contributed by atoms with Crippen LogP contribution in [0.4, 0.5) is 4.39 Å². The van der Waals surface area contributed by atoms with Crippen molar-refractivity contribution >= 4 is 43.6 Å². The van der Waals surface area contributed by atoms with Gasteiger partial charge in [0, 0.05) is 27.6 Å². The Bertz CT molecular complexity index is 756. The molecule has 1 aromatic heterocycles. The molecule has 0 saturated carbocycles. The van der Waals surface area contributed by atoms with E-state index in [0.717, 1.165) is 17.3 Å². The molecular formula is C13H11BrFNO3S. The fourth-order valence-electron chi connectivity index (χ4n) is 2.51. The van der Waals surface area contributed by atoms with Crippen LogP contribution >= 0.6 is 15.9 Å². The lowest BCUT2D eigenvalue weighted by Crippen LogP contribution is -2.12. The van der Waals surface area contributed by atoms with Crippen LogP contribution < -0.4 is 0 Å². The Kier molecular flexibility index (Phi) is 3.41. The summed E-state index contributed by atoms with van der Waals surface area (Å²) in [6, 6.07) is 1.15. The first-order valence-electron chi connectivity index (χ1n) is 5.97. The summed E-state index contributed by atoms with van der Waals surface area (Å²) in [5.41, 5.74) is 2.43. The molecule has 2 aromatic rings. The summed E-state index contributed by atoms with van der Waals surface area (Å²) in [6.45, 7) is 0. The van der Waals surface area contributed by atoms with Crippen molar-refractivity contribution in [3.63, 3.8) is 0 Å². The third kappa shape index (κ3) is 2.00. The normalized spacial score (nSPS) is 18.1. The summed E-state index contributed by atoms with van der Waals surface area (Å²) in [7, 11) is 0.307. The van der Waals surface area contributed by atoms with Crippen molar-refractivity contribution in [1.29, 1.82) is 0 Å². The molecule has 2 heterocycles. The molecule has 0 bridgehead atoms. The minimum atomic E-state index is -0.949. The topological polar surface area (TPSA) is 59.2 Å². The highest BCUT2D eigenvalue weighted by atomic mass is 79.9. The Balaban J connectivity index is 2.37. The van der Waals surface area contributed by atoms with Crippen molar-refractivity contribution in [3.8, 4) is 0 Å². The number of fused-ring (bicyclic) bond motifs is 3. The van der Waals surface area contributed by atoms with Gasteiger partial charge in [-0.05, 0) is 34.0 Å². The first kappa shape index (κ1) is 13.8. The number of aromatic nitrogens is 1. The molecule has 0 spiro atoms. The summed E-state index contributed by atoms with van der Waals surface area (Å²) in [5.74, 6) is -0.178. The van der Waals surface area contributed by atoms with Crippen molar-refractivity contribution in [1.82, 2.24) is 4.98 Å². The molecule has 1 unspecified atom stereocenters. The van der Waals surface area contributed by atoms with Crippen LogP contribution in [0.25, 0.3) is 10.9 Å². The van der Waals surface area contributed by atoms with E-state index in [2.05, 4.69) is 20.9 Å². The molecule has 0 saturated heterocycles. The van der Waals surface area contributed by atoms with E-state index in [9.17, 15) is 13.4 Å². The maximum absolute atomic E-state index is 14.0. The number of nitrogens with one attached hydrogen (secondary N) is 1. The van der Waals surface area contributed by atoms with E-state index < -0.39 is 22.6 Å². The van der Waals surface area contributed by atoms with Crippen LogP contribution in [0.1, 0.15) is 21.6 Å². The molecule has 1 N–H and O–H groups in total. The minimum absolute atomic E-state index is 0.156. The molecule has 7 heteroatoms. The zero-order valence-electron chi connectivity index (χ0n) is 10.6. The Morgan fingerprint density at radius 3 is 3.00 bits per heavy atom. The Hall–Kier alpha value is -1.21. The van der Waals surface area contributed by atoms with Gasteiger partial charge < -0.3 is 9.72 Å². The van der Waals surface area contributed by atoms with Gasteiger partial charge in [0.15, 0.2) is 0 Å². The van der Waals surface area contributed by atoms with Gasteiger partial charge in [-0.2, -0.15) is 0 Å². The van der Waals surface area contributed by atoms with Crippen molar-refractivity contribution in [2.24, 2.45) is 0 Å². The van der Waals surface area contributed by atoms with Crippen molar-refractivity contribution < 1.29 is 18.1 Å². The van der Waals surface area contributed by atoms with Crippen LogP contribution in [0.5, 0.6) is 0 Å². The number of hydrogen-bond donors (Lipinski definition) is 1. The number of methoxy groups -OCH3 is 1. The summed E-state index contributed by atoms with van der Waals surface area (Å²) in [6.07, 6.45) is 0.630. The number of halogens is 2. The van der Waals surface area contributed by atoms with Gasteiger partial charge in [-0.3, -0.25) is 4.21 Å². The van der Waals surface area contributed by atoms with Gasteiger partial charge in [0.1, 0.15) is 5.82 Å². The maximum Gasteiger partial charge on any atom is 0.340 e. The quantitative estimate of drug-likeness (QED) is 0.796. The lowest BCUT2D eigenvalue weighted by atomic mass is 10.1. The van der Waals surface area contributed by atoms with Gasteiger partial charge in [-0.15, -0.1) is 0 Å². The largest absolute Gasteiger partial charge is 0.465 e. The second-order valence-electron chi connectivity index (χ2n) is 4.58. The van der Waals surface area contributed by atoms with Crippen LogP contribution in [-0.4, -0.2) is 28.0 Å². The molecular weight excluding hydrogens is 349 g/mol. The zero-order valence-corrected chi connectivity index (χ0v) is 13.0. The molecule has 1 aliphatic heterocycles. The minimum Gasteiger partial charge on any atom is -0.465 e. The molecule has 20 heavy (non-hydrogen) atoms. The molecule has 3 rings (SSSR count). The van der Waals surface area contributed by atoms with E-state index in [4.69, 9.17) is 4.74 Å². The predicted octanol–water partition coefficient (Wildman–Crippen LogP) is 2.66. The van der Waals surface area contributed by atoms with Crippen LogP contribution in [0.3, 0.4) is 0 Å². The highest BCUT2D eigenvalue weighted by Crippen LogP contribution is 2.36. The molecule has 1 atom stereocenters. The van der Waals surface area contributed by atoms with E-state index >= 15 is 0 Å². The smallest absolute Gasteiger partial charge is 0.340 e. The van der Waals surface area contributed by atoms with Crippen LogP contribution in [0, 0.1) is 5.82 Å². The highest BCUT2D eigenvalue weighted by Gasteiger charge is 2.26. The molecule has 0 radical (unpaired) electrons. The fourth-order valence-corrected chi connectivity index (χ4v) is 4.28. The van der Waals surface area contributed by atoms with Crippen molar-refractivity contribution in [2.45, 2.75) is 12.2 Å². The first-order valence-corrected chi connectivity index (χ1v) is 8.25. The van der Waals surface area contributed by atoms with Crippen LogP contribution in [0.2, 0.25) is 0 Å². The second-order valence-corrected chi connectivity index (χ2v) is 6.95. The van der Waals surface area contributed by atoms with E-state index in [1.54, 1.807) is 0 Å². The van der Waals surface area contributed by atoms with Crippen LogP contribution in [0.15, 0.2) is 10.5 Å². The monoisotopic (exact) mass is 359 g/mol. The molecule has 0 amide bonds. The van der Waals surface area contributed by atoms with Gasteiger partial charge in [0.25, 0.3) is 0 Å². The number of aryl methyl sites for hydroxylation is 1. The van der Waals surface area contributed by atoms with E-state index in [1.807, 2.05) is 0 Å². The second kappa shape index (κ2) is 4.96. The molecule has 106 valence electrons. The van der Waals surface area contributed by atoms with E-state index in [-0.39, 0.29) is 10.0 Å². The van der Waals surface area contributed by atoms with Gasteiger partial charge in [-0.1, -0.05) is 0 Å². The molecule has 0 fully saturated rings. The predicted molar refractivity (Wildman–Crippen MR) is 77.7 cm³/mol. The number of esters is 1. The highest BCUT2D eigenvalue weighted by molar-refractivity contribution is 9.10. The Labute approximate surface area is 125 Å². The fraction of sp³-hybridized carbons (Fsp3) is 0.308. The van der Waals surface area contributed by atoms with E-state index in [1.165, 1.54) is 7.11 Å². The first-order chi connectivity index (χ1) is 9.52. The third-order valence-corrected chi connectivity index (χ3v) is 5.50. The summed E-state index contributed by atoms with van der Waals surface area (Å²) < 4.78 is 30.7. The average Bonchev–Trinajstić information content (AvgIpc) is 2.80. The zero-order chi connectivity index (χ0) is 14.4. The number of H-pyrrole nitrogens is 1. The van der Waals surface area contributed by atoms with Crippen molar-refractivity contribution in [2.75, 3.05) is 12.9 Å². The summed E-state index contributed by atoms with van der Waals surface area (Å²) >= 11 is 3.22. The number of aromatic amines is 1. The van der Waals surface area contributed by atoms with Crippen LogP contribution in [-0.2, 0) is 27.7 Å². The number of ether oxygens (including phenoxy) is 1. The molecule has 4 nitrogen and oxygen atoms in total. The van der Waals surface area contributed by atoms with E-state index in [0.29, 0.717) is 28.8 Å². The summed E-state index contributed by atoms with van der Waals surface area (Å²) in [4.78, 5) is 14.9. The Morgan fingerprint density at radius 2 is 2.30 bits per heavy atom. The number of rotatable bonds is 1. The van der Waals surface area contributed by atoms with Gasteiger partial charge >= 0.3 is 5.97 Å². The number of hydrogen-bond acceptors (Lipinski definition) is 3.